The van der Waals surface area contributed by atoms with Crippen LogP contribution in [0.1, 0.15) is 16.1 Å². The third kappa shape index (κ3) is 1.90. The van der Waals surface area contributed by atoms with E-state index in [1.807, 2.05) is 0 Å². The van der Waals surface area contributed by atoms with Gasteiger partial charge in [0.2, 0.25) is 0 Å². The highest BCUT2D eigenvalue weighted by Gasteiger charge is 2.27. The van der Waals surface area contributed by atoms with Gasteiger partial charge in [0.05, 0.1) is 22.7 Å². The van der Waals surface area contributed by atoms with E-state index < -0.39 is 0 Å². The molecule has 4 rings (SSSR count). The minimum Gasteiger partial charge on any atom is -0.293 e. The summed E-state index contributed by atoms with van der Waals surface area (Å²) in [5.41, 5.74) is 2.20. The maximum absolute atomic E-state index is 13.5. The molecule has 8 heteroatoms. The van der Waals surface area contributed by atoms with Crippen molar-refractivity contribution in [2.45, 2.75) is 5.75 Å². The van der Waals surface area contributed by atoms with Crippen LogP contribution in [0.5, 0.6) is 0 Å². The molecule has 2 aromatic heterocycles. The molecule has 0 saturated carbocycles. The quantitative estimate of drug-likeness (QED) is 0.682. The van der Waals surface area contributed by atoms with Crippen molar-refractivity contribution >= 4 is 23.3 Å². The number of ketones is 1. The largest absolute Gasteiger partial charge is 0.293 e. The van der Waals surface area contributed by atoms with Gasteiger partial charge in [-0.05, 0) is 22.6 Å². The molecule has 1 aliphatic rings. The van der Waals surface area contributed by atoms with E-state index in [1.54, 1.807) is 12.1 Å². The van der Waals surface area contributed by atoms with Crippen molar-refractivity contribution in [3.63, 3.8) is 0 Å². The Morgan fingerprint density at radius 1 is 1.29 bits per heavy atom. The van der Waals surface area contributed by atoms with E-state index in [0.717, 1.165) is 0 Å². The average Bonchev–Trinajstić information content (AvgIpc) is 2.93. The summed E-state index contributed by atoms with van der Waals surface area (Å²) >= 11 is 1.50. The smallest absolute Gasteiger partial charge is 0.274 e. The van der Waals surface area contributed by atoms with Crippen molar-refractivity contribution in [2.24, 2.45) is 0 Å². The molecule has 0 aliphatic carbocycles. The predicted molar refractivity (Wildman–Crippen MR) is 74.5 cm³/mol. The summed E-state index contributed by atoms with van der Waals surface area (Å²) in [6.45, 7) is 0. The van der Waals surface area contributed by atoms with E-state index in [1.165, 1.54) is 28.4 Å². The summed E-state index contributed by atoms with van der Waals surface area (Å²) in [6, 6.07) is 6.04. The standard InChI is InChI=1S/C13H8FN5OS/c14-8-3-1-2-7(4-8)12-11-9(5-21-6-10(11)20)15-13-16-17-18-19(12)13/h1-4H,5-6H2. The zero-order valence-electron chi connectivity index (χ0n) is 10.7. The second kappa shape index (κ2) is 4.59. The first-order valence-corrected chi connectivity index (χ1v) is 7.37. The molecule has 1 aliphatic heterocycles. The van der Waals surface area contributed by atoms with Crippen molar-refractivity contribution in [2.75, 3.05) is 5.75 Å². The highest BCUT2D eigenvalue weighted by Crippen LogP contribution is 2.32. The molecule has 0 saturated heterocycles. The molecule has 1 aromatic carbocycles. The number of rotatable bonds is 1. The summed E-state index contributed by atoms with van der Waals surface area (Å²) < 4.78 is 14.9. The van der Waals surface area contributed by atoms with Crippen LogP contribution >= 0.6 is 11.8 Å². The molecule has 0 amide bonds. The second-order valence-corrected chi connectivity index (χ2v) is 5.58. The van der Waals surface area contributed by atoms with Gasteiger partial charge in [-0.1, -0.05) is 17.2 Å². The van der Waals surface area contributed by atoms with E-state index in [4.69, 9.17) is 0 Å². The molecule has 6 nitrogen and oxygen atoms in total. The van der Waals surface area contributed by atoms with Crippen LogP contribution in [-0.2, 0) is 5.75 Å². The summed E-state index contributed by atoms with van der Waals surface area (Å²) in [6.07, 6.45) is 0. The van der Waals surface area contributed by atoms with Gasteiger partial charge in [-0.25, -0.2) is 9.37 Å². The van der Waals surface area contributed by atoms with Crippen molar-refractivity contribution in [1.82, 2.24) is 25.0 Å². The lowest BCUT2D eigenvalue weighted by Gasteiger charge is -2.17. The molecule has 0 spiro atoms. The fraction of sp³-hybridized carbons (Fsp3) is 0.154. The molecular weight excluding hydrogens is 293 g/mol. The zero-order valence-corrected chi connectivity index (χ0v) is 11.5. The molecule has 0 atom stereocenters. The molecule has 3 aromatic rings. The van der Waals surface area contributed by atoms with Gasteiger partial charge in [0.25, 0.3) is 5.78 Å². The monoisotopic (exact) mass is 301 g/mol. The number of carbonyl (C=O) groups excluding carboxylic acids is 1. The minimum atomic E-state index is -0.378. The number of carbonyl (C=O) groups is 1. The number of thioether (sulfide) groups is 1. The molecule has 0 fully saturated rings. The van der Waals surface area contributed by atoms with Crippen LogP contribution in [0, 0.1) is 5.82 Å². The number of aromatic nitrogens is 5. The lowest BCUT2D eigenvalue weighted by Crippen LogP contribution is -2.18. The van der Waals surface area contributed by atoms with E-state index >= 15 is 0 Å². The van der Waals surface area contributed by atoms with Crippen molar-refractivity contribution in [3.8, 4) is 11.3 Å². The number of halogens is 1. The Kier molecular flexibility index (Phi) is 2.71. The van der Waals surface area contributed by atoms with Crippen LogP contribution in [0.3, 0.4) is 0 Å². The number of fused-ring (bicyclic) bond motifs is 2. The van der Waals surface area contributed by atoms with Crippen LogP contribution in [0.15, 0.2) is 24.3 Å². The van der Waals surface area contributed by atoms with Crippen LogP contribution in [0.2, 0.25) is 0 Å². The molecule has 21 heavy (non-hydrogen) atoms. The number of benzene rings is 1. The van der Waals surface area contributed by atoms with Crippen molar-refractivity contribution < 1.29 is 9.18 Å². The van der Waals surface area contributed by atoms with E-state index in [9.17, 15) is 9.18 Å². The number of nitrogens with zero attached hydrogens (tertiary/aromatic N) is 5. The van der Waals surface area contributed by atoms with Gasteiger partial charge in [-0.15, -0.1) is 11.8 Å². The normalized spacial score (nSPS) is 14.4. The van der Waals surface area contributed by atoms with Gasteiger partial charge in [0, 0.05) is 11.3 Å². The number of tetrazole rings is 1. The van der Waals surface area contributed by atoms with Crippen LogP contribution in [-0.4, -0.2) is 36.6 Å². The van der Waals surface area contributed by atoms with Gasteiger partial charge in [-0.3, -0.25) is 4.79 Å². The Labute approximate surface area is 122 Å². The maximum atomic E-state index is 13.5. The van der Waals surface area contributed by atoms with Crippen LogP contribution in [0.4, 0.5) is 4.39 Å². The van der Waals surface area contributed by atoms with E-state index in [0.29, 0.717) is 39.8 Å². The third-order valence-corrected chi connectivity index (χ3v) is 4.22. The Balaban J connectivity index is 2.12. The molecule has 3 heterocycles. The lowest BCUT2D eigenvalue weighted by molar-refractivity contribution is 0.102. The van der Waals surface area contributed by atoms with Gasteiger partial charge in [0.15, 0.2) is 5.78 Å². The van der Waals surface area contributed by atoms with Gasteiger partial charge >= 0.3 is 0 Å². The first-order chi connectivity index (χ1) is 10.2. The Bertz CT molecular complexity index is 878. The second-order valence-electron chi connectivity index (χ2n) is 4.60. The zero-order chi connectivity index (χ0) is 14.4. The molecule has 0 unspecified atom stereocenters. The highest BCUT2D eigenvalue weighted by molar-refractivity contribution is 7.99. The Morgan fingerprint density at radius 2 is 2.19 bits per heavy atom. The SMILES string of the molecule is O=C1CSCc2nc3nnnn3c(-c3cccc(F)c3)c21. The predicted octanol–water partition coefficient (Wildman–Crippen LogP) is 1.75. The van der Waals surface area contributed by atoms with Gasteiger partial charge < -0.3 is 0 Å². The summed E-state index contributed by atoms with van der Waals surface area (Å²) in [4.78, 5) is 16.6. The first kappa shape index (κ1) is 12.4. The fourth-order valence-electron chi connectivity index (χ4n) is 2.43. The summed E-state index contributed by atoms with van der Waals surface area (Å²) in [7, 11) is 0. The van der Waals surface area contributed by atoms with Crippen LogP contribution < -0.4 is 0 Å². The lowest BCUT2D eigenvalue weighted by atomic mass is 10.0. The highest BCUT2D eigenvalue weighted by atomic mass is 32.2. The molecule has 0 radical (unpaired) electrons. The molecule has 0 bridgehead atoms. The maximum Gasteiger partial charge on any atom is 0.274 e. The minimum absolute atomic E-state index is 0.0367. The number of hydrogen-bond donors (Lipinski definition) is 0. The topological polar surface area (TPSA) is 73.0 Å². The Hall–Kier alpha value is -2.35. The average molecular weight is 301 g/mol. The summed E-state index contributed by atoms with van der Waals surface area (Å²) in [5, 5.41) is 11.3. The third-order valence-electron chi connectivity index (χ3n) is 3.27. The molecular formula is C13H8FN5OS. The Morgan fingerprint density at radius 3 is 3.05 bits per heavy atom. The number of Topliss-reactive ketones (excluding diaryl/α,β-unsaturated/α-hetero) is 1. The first-order valence-electron chi connectivity index (χ1n) is 6.22. The van der Waals surface area contributed by atoms with Gasteiger partial charge in [-0.2, -0.15) is 4.52 Å². The van der Waals surface area contributed by atoms with E-state index in [-0.39, 0.29) is 11.6 Å². The van der Waals surface area contributed by atoms with E-state index in [2.05, 4.69) is 20.5 Å². The summed E-state index contributed by atoms with van der Waals surface area (Å²) in [5.74, 6) is 0.892. The van der Waals surface area contributed by atoms with Gasteiger partial charge in [0.1, 0.15) is 5.82 Å². The van der Waals surface area contributed by atoms with Crippen LogP contribution in [0.25, 0.3) is 17.0 Å². The van der Waals surface area contributed by atoms with Crippen molar-refractivity contribution in [3.05, 3.63) is 41.3 Å². The molecule has 104 valence electrons. The van der Waals surface area contributed by atoms with Crippen molar-refractivity contribution in [1.29, 1.82) is 0 Å². The number of hydrogen-bond acceptors (Lipinski definition) is 6. The fourth-order valence-corrected chi connectivity index (χ4v) is 3.26. The molecule has 0 N–H and O–H groups in total.